The van der Waals surface area contributed by atoms with Crippen molar-refractivity contribution in [1.82, 2.24) is 0 Å². The molecular formula is C14H27NO3S. The van der Waals surface area contributed by atoms with Crippen molar-refractivity contribution in [1.29, 1.82) is 0 Å². The van der Waals surface area contributed by atoms with E-state index >= 15 is 0 Å². The minimum atomic E-state index is -3.08. The molecule has 0 amide bonds. The third kappa shape index (κ3) is 3.70. The van der Waals surface area contributed by atoms with Crippen molar-refractivity contribution in [3.63, 3.8) is 0 Å². The molecule has 0 bridgehead atoms. The van der Waals surface area contributed by atoms with Gasteiger partial charge in [0.1, 0.15) is 0 Å². The van der Waals surface area contributed by atoms with E-state index in [1.165, 1.54) is 0 Å². The van der Waals surface area contributed by atoms with E-state index in [0.29, 0.717) is 19.1 Å². The highest BCUT2D eigenvalue weighted by Gasteiger charge is 2.39. The third-order valence-corrected chi connectivity index (χ3v) is 7.16. The Balaban J connectivity index is 2.05. The highest BCUT2D eigenvalue weighted by Crippen LogP contribution is 2.35. The van der Waals surface area contributed by atoms with Gasteiger partial charge in [-0.15, -0.1) is 0 Å². The maximum Gasteiger partial charge on any atom is 0.156 e. The predicted molar refractivity (Wildman–Crippen MR) is 76.7 cm³/mol. The molecule has 4 unspecified atom stereocenters. The lowest BCUT2D eigenvalue weighted by Crippen LogP contribution is -2.42. The van der Waals surface area contributed by atoms with E-state index in [0.717, 1.165) is 38.5 Å². The van der Waals surface area contributed by atoms with Gasteiger partial charge in [-0.1, -0.05) is 19.8 Å². The molecule has 0 aromatic carbocycles. The molecule has 4 nitrogen and oxygen atoms in total. The van der Waals surface area contributed by atoms with E-state index in [2.05, 4.69) is 6.92 Å². The molecule has 2 N–H and O–H groups in total. The van der Waals surface area contributed by atoms with Crippen molar-refractivity contribution in [3.8, 4) is 0 Å². The lowest BCUT2D eigenvalue weighted by Gasteiger charge is -2.35. The maximum atomic E-state index is 12.6. The molecule has 0 radical (unpaired) electrons. The summed E-state index contributed by atoms with van der Waals surface area (Å²) in [4.78, 5) is 0. The van der Waals surface area contributed by atoms with E-state index in [4.69, 9.17) is 10.5 Å². The van der Waals surface area contributed by atoms with Gasteiger partial charge in [-0.2, -0.15) is 0 Å². The van der Waals surface area contributed by atoms with E-state index in [-0.39, 0.29) is 23.0 Å². The highest BCUT2D eigenvalue weighted by atomic mass is 32.2. The number of rotatable bonds is 5. The van der Waals surface area contributed by atoms with Crippen LogP contribution in [0.2, 0.25) is 0 Å². The number of sulfone groups is 1. The summed E-state index contributed by atoms with van der Waals surface area (Å²) in [6.45, 7) is 3.35. The molecule has 5 heteroatoms. The highest BCUT2D eigenvalue weighted by molar-refractivity contribution is 7.92. The fraction of sp³-hybridized carbons (Fsp3) is 1.00. The van der Waals surface area contributed by atoms with Crippen LogP contribution in [0.5, 0.6) is 0 Å². The molecule has 2 fully saturated rings. The molecule has 1 aliphatic carbocycles. The van der Waals surface area contributed by atoms with Crippen molar-refractivity contribution in [2.24, 2.45) is 17.6 Å². The predicted octanol–water partition coefficient (Wildman–Crippen LogP) is 1.73. The van der Waals surface area contributed by atoms with Crippen LogP contribution in [0.3, 0.4) is 0 Å². The average Bonchev–Trinajstić information content (AvgIpc) is 2.90. The lowest BCUT2D eigenvalue weighted by atomic mass is 9.80. The molecule has 4 atom stereocenters. The number of ether oxygens (including phenoxy) is 1. The molecule has 1 saturated carbocycles. The Morgan fingerprint density at radius 3 is 2.63 bits per heavy atom. The molecular weight excluding hydrogens is 262 g/mol. The minimum absolute atomic E-state index is 0.0783. The Morgan fingerprint density at radius 2 is 2.05 bits per heavy atom. The monoisotopic (exact) mass is 289 g/mol. The molecule has 2 rings (SSSR count). The number of hydrogen-bond donors (Lipinski definition) is 1. The normalized spacial score (nSPS) is 36.5. The quantitative estimate of drug-likeness (QED) is 0.837. The second-order valence-corrected chi connectivity index (χ2v) is 8.35. The van der Waals surface area contributed by atoms with Gasteiger partial charge in [0.25, 0.3) is 0 Å². The van der Waals surface area contributed by atoms with Crippen molar-refractivity contribution >= 4 is 9.84 Å². The Bertz CT molecular complexity index is 376. The van der Waals surface area contributed by atoms with Crippen molar-refractivity contribution < 1.29 is 13.2 Å². The second kappa shape index (κ2) is 6.55. The average molecular weight is 289 g/mol. The molecule has 112 valence electrons. The van der Waals surface area contributed by atoms with Gasteiger partial charge in [0.05, 0.1) is 17.1 Å². The van der Waals surface area contributed by atoms with Crippen molar-refractivity contribution in [2.45, 2.75) is 56.8 Å². The molecule has 1 saturated heterocycles. The van der Waals surface area contributed by atoms with E-state index in [1.807, 2.05) is 0 Å². The third-order valence-electron chi connectivity index (χ3n) is 4.82. The van der Waals surface area contributed by atoms with Gasteiger partial charge in [-0.3, -0.25) is 0 Å². The number of hydrogen-bond acceptors (Lipinski definition) is 4. The second-order valence-electron chi connectivity index (χ2n) is 6.09. The van der Waals surface area contributed by atoms with Crippen LogP contribution in [0.15, 0.2) is 0 Å². The van der Waals surface area contributed by atoms with Gasteiger partial charge in [-0.05, 0) is 44.1 Å². The zero-order valence-electron chi connectivity index (χ0n) is 11.9. The van der Waals surface area contributed by atoms with Crippen LogP contribution in [-0.2, 0) is 14.6 Å². The Labute approximate surface area is 117 Å². The van der Waals surface area contributed by atoms with E-state index in [9.17, 15) is 8.42 Å². The summed E-state index contributed by atoms with van der Waals surface area (Å²) in [6, 6.07) is 0. The SMILES string of the molecule is CCC1CCC(CN)C(S(=O)(=O)CC2CCCO2)C1. The summed E-state index contributed by atoms with van der Waals surface area (Å²) in [5, 5.41) is -0.236. The molecule has 19 heavy (non-hydrogen) atoms. The smallest absolute Gasteiger partial charge is 0.156 e. The first-order valence-electron chi connectivity index (χ1n) is 7.60. The van der Waals surface area contributed by atoms with Gasteiger partial charge < -0.3 is 10.5 Å². The fourth-order valence-electron chi connectivity index (χ4n) is 3.51. The van der Waals surface area contributed by atoms with Crippen LogP contribution in [0.4, 0.5) is 0 Å². The van der Waals surface area contributed by atoms with E-state index < -0.39 is 9.84 Å². The summed E-state index contributed by atoms with van der Waals surface area (Å²) < 4.78 is 30.8. The molecule has 0 aromatic rings. The zero-order chi connectivity index (χ0) is 13.9. The summed E-state index contributed by atoms with van der Waals surface area (Å²) in [6.07, 6.45) is 5.76. The van der Waals surface area contributed by atoms with Gasteiger partial charge in [0.2, 0.25) is 0 Å². The number of nitrogens with two attached hydrogens (primary N) is 1. The Morgan fingerprint density at radius 1 is 1.26 bits per heavy atom. The van der Waals surface area contributed by atoms with Crippen LogP contribution in [-0.4, -0.2) is 38.7 Å². The Kier molecular flexibility index (Phi) is 5.26. The standard InChI is InChI=1S/C14H27NO3S/c1-2-11-5-6-12(9-15)14(8-11)19(16,17)10-13-4-3-7-18-13/h11-14H,2-10,15H2,1H3. The lowest BCUT2D eigenvalue weighted by molar-refractivity contribution is 0.127. The first-order valence-corrected chi connectivity index (χ1v) is 9.31. The molecule has 0 aromatic heterocycles. The van der Waals surface area contributed by atoms with Crippen molar-refractivity contribution in [2.75, 3.05) is 18.9 Å². The summed E-state index contributed by atoms with van der Waals surface area (Å²) in [5.41, 5.74) is 5.79. The van der Waals surface area contributed by atoms with Crippen LogP contribution >= 0.6 is 0 Å². The first kappa shape index (κ1) is 15.3. The van der Waals surface area contributed by atoms with E-state index in [1.54, 1.807) is 0 Å². The van der Waals surface area contributed by atoms with Crippen LogP contribution in [0.1, 0.15) is 45.4 Å². The summed E-state index contributed by atoms with van der Waals surface area (Å²) in [7, 11) is -3.08. The molecule has 0 spiro atoms. The van der Waals surface area contributed by atoms with Crippen molar-refractivity contribution in [3.05, 3.63) is 0 Å². The fourth-order valence-corrected chi connectivity index (χ4v) is 5.94. The van der Waals surface area contributed by atoms with Crippen LogP contribution < -0.4 is 5.73 Å². The Hall–Kier alpha value is -0.130. The van der Waals surface area contributed by atoms with Gasteiger partial charge in [0, 0.05) is 6.61 Å². The maximum absolute atomic E-state index is 12.6. The van der Waals surface area contributed by atoms with Crippen LogP contribution in [0, 0.1) is 11.8 Å². The molecule has 1 aliphatic heterocycles. The topological polar surface area (TPSA) is 69.4 Å². The molecule has 1 heterocycles. The summed E-state index contributed by atoms with van der Waals surface area (Å²) >= 11 is 0. The van der Waals surface area contributed by atoms with Crippen LogP contribution in [0.25, 0.3) is 0 Å². The van der Waals surface area contributed by atoms with Gasteiger partial charge in [0.15, 0.2) is 9.84 Å². The molecule has 2 aliphatic rings. The van der Waals surface area contributed by atoms with Gasteiger partial charge in [-0.25, -0.2) is 8.42 Å². The summed E-state index contributed by atoms with van der Waals surface area (Å²) in [5.74, 6) is 0.895. The minimum Gasteiger partial charge on any atom is -0.377 e. The van der Waals surface area contributed by atoms with Gasteiger partial charge >= 0.3 is 0 Å². The largest absolute Gasteiger partial charge is 0.377 e. The zero-order valence-corrected chi connectivity index (χ0v) is 12.7. The first-order chi connectivity index (χ1) is 9.06.